The monoisotopic (exact) mass is 409 g/mol. The van der Waals surface area contributed by atoms with E-state index >= 15 is 0 Å². The number of likely N-dealkylation sites (N-methyl/N-ethyl adjacent to an activating group) is 1. The second-order valence-corrected chi connectivity index (χ2v) is 6.99. The minimum Gasteiger partial charge on any atom is -0.445 e. The molecule has 0 radical (unpaired) electrons. The summed E-state index contributed by atoms with van der Waals surface area (Å²) in [7, 11) is 5.07. The van der Waals surface area contributed by atoms with Gasteiger partial charge in [0.2, 0.25) is 0 Å². The summed E-state index contributed by atoms with van der Waals surface area (Å²) >= 11 is 0. The molecule has 2 aromatic rings. The van der Waals surface area contributed by atoms with Crippen LogP contribution < -0.4 is 10.6 Å². The highest BCUT2D eigenvalue weighted by atomic mass is 16.6. The Labute approximate surface area is 176 Å². The Hall–Kier alpha value is -3.32. The molecule has 7 heteroatoms. The molecule has 1 aliphatic heterocycles. The number of alkyl carbamates (subject to hydrolysis) is 2. The molecule has 2 amide bonds. The lowest BCUT2D eigenvalue weighted by atomic mass is 9.96. The summed E-state index contributed by atoms with van der Waals surface area (Å²) in [6.07, 6.45) is -1.02. The van der Waals surface area contributed by atoms with Crippen LogP contribution in [0.25, 0.3) is 0 Å². The normalized spacial score (nSPS) is 18.8. The molecule has 2 aromatic carbocycles. The summed E-state index contributed by atoms with van der Waals surface area (Å²) in [5, 5.41) is 4.96. The number of carbonyl (C=O) groups is 2. The molecule has 30 heavy (non-hydrogen) atoms. The highest BCUT2D eigenvalue weighted by Gasteiger charge is 2.40. The average Bonchev–Trinajstić information content (AvgIpc) is 3.07. The Morgan fingerprint density at radius 2 is 1.13 bits per heavy atom. The molecular weight excluding hydrogens is 382 g/mol. The van der Waals surface area contributed by atoms with Crippen molar-refractivity contribution in [3.63, 3.8) is 0 Å². The maximum Gasteiger partial charge on any atom is 0.407 e. The Balaban J connectivity index is 2.07. The SMILES string of the molecule is CNC(=O)OCC1=C(COC(=O)NC)[C@@H](c2ccccc2)N(C)[C@H]1c1ccccc1. The lowest BCUT2D eigenvalue weighted by Crippen LogP contribution is -2.26. The Morgan fingerprint density at radius 1 is 0.767 bits per heavy atom. The molecule has 2 N–H and O–H groups in total. The lowest BCUT2D eigenvalue weighted by molar-refractivity contribution is 0.151. The number of nitrogens with one attached hydrogen (secondary N) is 2. The molecular formula is C23H27N3O4. The van der Waals surface area contributed by atoms with Crippen molar-refractivity contribution in [2.45, 2.75) is 12.1 Å². The molecule has 0 saturated carbocycles. The Morgan fingerprint density at radius 3 is 1.47 bits per heavy atom. The maximum atomic E-state index is 11.8. The molecule has 0 fully saturated rings. The average molecular weight is 409 g/mol. The van der Waals surface area contributed by atoms with E-state index in [2.05, 4.69) is 15.5 Å². The highest BCUT2D eigenvalue weighted by molar-refractivity contribution is 5.67. The molecule has 0 unspecified atom stereocenters. The van der Waals surface area contributed by atoms with Crippen LogP contribution >= 0.6 is 0 Å². The fraction of sp³-hybridized carbons (Fsp3) is 0.304. The summed E-state index contributed by atoms with van der Waals surface area (Å²) in [6.45, 7) is 0.193. The number of rotatable bonds is 6. The standard InChI is InChI=1S/C23H27N3O4/c1-24-22(27)29-14-18-19(15-30-23(28)25-2)21(17-12-8-5-9-13-17)26(3)20(18)16-10-6-4-7-11-16/h4-13,20-21H,14-15H2,1-3H3,(H,24,27)(H,25,28)/t20-,21+. The summed E-state index contributed by atoms with van der Waals surface area (Å²) < 4.78 is 10.9. The van der Waals surface area contributed by atoms with E-state index in [1.54, 1.807) is 0 Å². The predicted molar refractivity (Wildman–Crippen MR) is 114 cm³/mol. The van der Waals surface area contributed by atoms with Gasteiger partial charge >= 0.3 is 12.2 Å². The summed E-state index contributed by atoms with van der Waals surface area (Å²) in [6, 6.07) is 19.8. The highest BCUT2D eigenvalue weighted by Crippen LogP contribution is 2.47. The van der Waals surface area contributed by atoms with Gasteiger partial charge in [-0.25, -0.2) is 9.59 Å². The number of carbonyl (C=O) groups excluding carboxylic acids is 2. The van der Waals surface area contributed by atoms with Crippen LogP contribution in [0.3, 0.4) is 0 Å². The Bertz CT molecular complexity index is 826. The first-order valence-corrected chi connectivity index (χ1v) is 9.79. The van der Waals surface area contributed by atoms with Crippen LogP contribution in [-0.2, 0) is 9.47 Å². The molecule has 0 saturated heterocycles. The number of benzene rings is 2. The van der Waals surface area contributed by atoms with E-state index < -0.39 is 12.2 Å². The van der Waals surface area contributed by atoms with Crippen LogP contribution in [0.15, 0.2) is 71.8 Å². The van der Waals surface area contributed by atoms with E-state index in [1.807, 2.05) is 67.7 Å². The molecule has 1 heterocycles. The van der Waals surface area contributed by atoms with Crippen molar-refractivity contribution in [1.29, 1.82) is 0 Å². The zero-order valence-electron chi connectivity index (χ0n) is 17.4. The second-order valence-electron chi connectivity index (χ2n) is 6.99. The van der Waals surface area contributed by atoms with Crippen molar-refractivity contribution in [2.75, 3.05) is 34.4 Å². The van der Waals surface area contributed by atoms with Gasteiger partial charge in [-0.05, 0) is 29.3 Å². The maximum absolute atomic E-state index is 11.8. The first-order valence-electron chi connectivity index (χ1n) is 9.79. The zero-order valence-corrected chi connectivity index (χ0v) is 17.4. The number of nitrogens with zero attached hydrogens (tertiary/aromatic N) is 1. The number of hydrogen-bond acceptors (Lipinski definition) is 5. The van der Waals surface area contributed by atoms with Gasteiger partial charge in [-0.1, -0.05) is 60.7 Å². The van der Waals surface area contributed by atoms with Crippen LogP contribution in [0.2, 0.25) is 0 Å². The smallest absolute Gasteiger partial charge is 0.407 e. The zero-order chi connectivity index (χ0) is 21.5. The molecule has 0 aromatic heterocycles. The topological polar surface area (TPSA) is 79.9 Å². The first-order chi connectivity index (χ1) is 14.6. The minimum atomic E-state index is -0.508. The molecule has 0 spiro atoms. The van der Waals surface area contributed by atoms with E-state index in [0.717, 1.165) is 22.3 Å². The third kappa shape index (κ3) is 4.63. The quantitative estimate of drug-likeness (QED) is 0.715. The fourth-order valence-corrected chi connectivity index (χ4v) is 3.91. The largest absolute Gasteiger partial charge is 0.445 e. The molecule has 7 nitrogen and oxygen atoms in total. The van der Waals surface area contributed by atoms with Crippen molar-refractivity contribution in [3.8, 4) is 0 Å². The van der Waals surface area contributed by atoms with Crippen molar-refractivity contribution in [3.05, 3.63) is 82.9 Å². The van der Waals surface area contributed by atoms with Gasteiger partial charge in [-0.15, -0.1) is 0 Å². The molecule has 0 bridgehead atoms. The fourth-order valence-electron chi connectivity index (χ4n) is 3.91. The van der Waals surface area contributed by atoms with Crippen molar-refractivity contribution >= 4 is 12.2 Å². The van der Waals surface area contributed by atoms with Gasteiger partial charge in [0.05, 0.1) is 12.1 Å². The van der Waals surface area contributed by atoms with E-state index in [4.69, 9.17) is 9.47 Å². The number of amides is 2. The van der Waals surface area contributed by atoms with Crippen LogP contribution in [0, 0.1) is 0 Å². The number of ether oxygens (including phenoxy) is 2. The van der Waals surface area contributed by atoms with Gasteiger partial charge in [0.15, 0.2) is 0 Å². The van der Waals surface area contributed by atoms with E-state index in [9.17, 15) is 9.59 Å². The second kappa shape index (κ2) is 9.93. The molecule has 158 valence electrons. The van der Waals surface area contributed by atoms with Crippen molar-refractivity contribution in [2.24, 2.45) is 0 Å². The third-order valence-corrected chi connectivity index (χ3v) is 5.24. The van der Waals surface area contributed by atoms with Crippen molar-refractivity contribution in [1.82, 2.24) is 15.5 Å². The third-order valence-electron chi connectivity index (χ3n) is 5.24. The van der Waals surface area contributed by atoms with E-state index in [0.29, 0.717) is 0 Å². The summed E-state index contributed by atoms with van der Waals surface area (Å²) in [5.41, 5.74) is 3.97. The van der Waals surface area contributed by atoms with Gasteiger partial charge < -0.3 is 20.1 Å². The van der Waals surface area contributed by atoms with Gasteiger partial charge in [0, 0.05) is 14.1 Å². The summed E-state index contributed by atoms with van der Waals surface area (Å²) in [5.74, 6) is 0. The van der Waals surface area contributed by atoms with Gasteiger partial charge in [-0.2, -0.15) is 0 Å². The number of hydrogen-bond donors (Lipinski definition) is 2. The van der Waals surface area contributed by atoms with Gasteiger partial charge in [0.1, 0.15) is 13.2 Å². The summed E-state index contributed by atoms with van der Waals surface area (Å²) in [4.78, 5) is 25.8. The van der Waals surface area contributed by atoms with E-state index in [1.165, 1.54) is 14.1 Å². The van der Waals surface area contributed by atoms with Crippen LogP contribution in [0.4, 0.5) is 9.59 Å². The van der Waals surface area contributed by atoms with Gasteiger partial charge in [-0.3, -0.25) is 4.90 Å². The minimum absolute atomic E-state index is 0.0966. The molecule has 0 aliphatic carbocycles. The van der Waals surface area contributed by atoms with Crippen LogP contribution in [0.1, 0.15) is 23.2 Å². The van der Waals surface area contributed by atoms with Gasteiger partial charge in [0.25, 0.3) is 0 Å². The first kappa shape index (κ1) is 21.4. The van der Waals surface area contributed by atoms with Crippen molar-refractivity contribution < 1.29 is 19.1 Å². The lowest BCUT2D eigenvalue weighted by Gasteiger charge is -2.29. The Kier molecular flexibility index (Phi) is 7.08. The molecule has 1 aliphatic rings. The predicted octanol–water partition coefficient (Wildman–Crippen LogP) is 3.42. The van der Waals surface area contributed by atoms with E-state index in [-0.39, 0.29) is 25.3 Å². The van der Waals surface area contributed by atoms with Crippen LogP contribution in [0.5, 0.6) is 0 Å². The molecule has 2 atom stereocenters. The molecule has 3 rings (SSSR count). The van der Waals surface area contributed by atoms with Crippen LogP contribution in [-0.4, -0.2) is 51.4 Å².